The Morgan fingerprint density at radius 3 is 2.28 bits per heavy atom. The second kappa shape index (κ2) is 9.61. The predicted molar refractivity (Wildman–Crippen MR) is 127 cm³/mol. The summed E-state index contributed by atoms with van der Waals surface area (Å²) in [4.78, 5) is 4.44. The van der Waals surface area contributed by atoms with Crippen LogP contribution in [-0.2, 0) is 23.0 Å². The molecular formula is C26H26N2O3S. The van der Waals surface area contributed by atoms with Gasteiger partial charge in [0, 0.05) is 24.7 Å². The van der Waals surface area contributed by atoms with Crippen molar-refractivity contribution in [3.63, 3.8) is 0 Å². The summed E-state index contributed by atoms with van der Waals surface area (Å²) in [5.41, 5.74) is 3.69. The van der Waals surface area contributed by atoms with Crippen molar-refractivity contribution in [1.82, 2.24) is 9.29 Å². The quantitative estimate of drug-likeness (QED) is 0.497. The number of sulfonamides is 1. The highest BCUT2D eigenvalue weighted by atomic mass is 32.2. The number of rotatable bonds is 2. The van der Waals surface area contributed by atoms with Crippen molar-refractivity contribution in [2.45, 2.75) is 30.9 Å². The number of hydrogen-bond donors (Lipinski definition) is 1. The zero-order chi connectivity index (χ0) is 22.6. The van der Waals surface area contributed by atoms with E-state index in [9.17, 15) is 13.5 Å². The summed E-state index contributed by atoms with van der Waals surface area (Å²) in [5.74, 6) is 0. The van der Waals surface area contributed by atoms with E-state index >= 15 is 0 Å². The molecule has 0 radical (unpaired) electrons. The van der Waals surface area contributed by atoms with Gasteiger partial charge in [-0.1, -0.05) is 78.4 Å². The first kappa shape index (κ1) is 22.1. The highest BCUT2D eigenvalue weighted by Gasteiger charge is 2.31. The van der Waals surface area contributed by atoms with Gasteiger partial charge in [0.05, 0.1) is 11.6 Å². The number of benzene rings is 3. The van der Waals surface area contributed by atoms with Crippen LogP contribution in [0.1, 0.15) is 16.7 Å². The SMILES string of the molecule is Cc1ccccc1.O=S(=O)(c1cccc2cccnc12)N1Cc2ccccc2CC(O)C1. The number of aliphatic hydroxyl groups excluding tert-OH is 1. The van der Waals surface area contributed by atoms with Gasteiger partial charge >= 0.3 is 0 Å². The van der Waals surface area contributed by atoms with E-state index in [1.165, 1.54) is 9.87 Å². The highest BCUT2D eigenvalue weighted by molar-refractivity contribution is 7.89. The van der Waals surface area contributed by atoms with E-state index in [2.05, 4.69) is 24.0 Å². The van der Waals surface area contributed by atoms with Crippen LogP contribution >= 0.6 is 0 Å². The van der Waals surface area contributed by atoms with Crippen molar-refractivity contribution in [1.29, 1.82) is 0 Å². The molecule has 1 aromatic heterocycles. The Bertz CT molecular complexity index is 1300. The Morgan fingerprint density at radius 1 is 0.875 bits per heavy atom. The molecule has 32 heavy (non-hydrogen) atoms. The summed E-state index contributed by atoms with van der Waals surface area (Å²) in [7, 11) is -3.78. The maximum atomic E-state index is 13.3. The largest absolute Gasteiger partial charge is 0.391 e. The second-order valence-electron chi connectivity index (χ2n) is 7.91. The molecule has 5 nitrogen and oxygen atoms in total. The van der Waals surface area contributed by atoms with Gasteiger partial charge in [-0.3, -0.25) is 4.98 Å². The molecule has 0 amide bonds. The third-order valence-corrected chi connectivity index (χ3v) is 7.33. The van der Waals surface area contributed by atoms with Crippen molar-refractivity contribution in [2.24, 2.45) is 0 Å². The van der Waals surface area contributed by atoms with Crippen molar-refractivity contribution < 1.29 is 13.5 Å². The summed E-state index contributed by atoms with van der Waals surface area (Å²) in [5, 5.41) is 11.1. The molecule has 6 heteroatoms. The van der Waals surface area contributed by atoms with Crippen LogP contribution in [0.3, 0.4) is 0 Å². The number of hydrogen-bond acceptors (Lipinski definition) is 4. The Morgan fingerprint density at radius 2 is 1.56 bits per heavy atom. The number of fused-ring (bicyclic) bond motifs is 2. The number of aryl methyl sites for hydroxylation is 1. The lowest BCUT2D eigenvalue weighted by Crippen LogP contribution is -2.36. The molecule has 164 valence electrons. The fraction of sp³-hybridized carbons (Fsp3) is 0.192. The molecule has 0 spiro atoms. The molecule has 4 aromatic rings. The molecule has 0 saturated heterocycles. The van der Waals surface area contributed by atoms with Gasteiger partial charge in [-0.25, -0.2) is 8.42 Å². The predicted octanol–water partition coefficient (Wildman–Crippen LogP) is 4.34. The summed E-state index contributed by atoms with van der Waals surface area (Å²) in [6.45, 7) is 2.40. The third kappa shape index (κ3) is 4.88. The van der Waals surface area contributed by atoms with Gasteiger partial charge in [0.1, 0.15) is 4.90 Å². The molecule has 2 heterocycles. The molecule has 0 aliphatic carbocycles. The van der Waals surface area contributed by atoms with E-state index in [0.29, 0.717) is 11.9 Å². The van der Waals surface area contributed by atoms with Gasteiger partial charge < -0.3 is 5.11 Å². The number of β-amino-alcohol motifs (C(OH)–C–C–N with tert-alkyl or cyclic N) is 1. The number of para-hydroxylation sites is 1. The second-order valence-corrected chi connectivity index (χ2v) is 9.82. The van der Waals surface area contributed by atoms with Crippen LogP contribution in [0, 0.1) is 6.92 Å². The van der Waals surface area contributed by atoms with E-state index in [1.54, 1.807) is 24.4 Å². The minimum absolute atomic E-state index is 0.0697. The fourth-order valence-electron chi connectivity index (χ4n) is 3.86. The number of aromatic nitrogens is 1. The minimum Gasteiger partial charge on any atom is -0.391 e. The van der Waals surface area contributed by atoms with Crippen molar-refractivity contribution in [2.75, 3.05) is 6.54 Å². The van der Waals surface area contributed by atoms with E-state index in [0.717, 1.165) is 16.5 Å². The smallest absolute Gasteiger partial charge is 0.245 e. The molecule has 1 atom stereocenters. The molecule has 1 aliphatic rings. The minimum atomic E-state index is -3.78. The molecule has 3 aromatic carbocycles. The standard InChI is InChI=1S/C19H18N2O3S.C7H8/c22-17-11-15-5-1-2-6-16(15)12-21(13-17)25(23,24)18-9-3-7-14-8-4-10-20-19(14)18;1-7-5-3-2-4-6-7/h1-10,17,22H,11-13H2;2-6H,1H3. The third-order valence-electron chi connectivity index (χ3n) is 5.49. The fourth-order valence-corrected chi connectivity index (χ4v) is 5.48. The molecule has 5 rings (SSSR count). The topological polar surface area (TPSA) is 70.5 Å². The van der Waals surface area contributed by atoms with Gasteiger partial charge in [-0.05, 0) is 36.6 Å². The van der Waals surface area contributed by atoms with Crippen LogP contribution in [-0.4, -0.2) is 35.5 Å². The Balaban J connectivity index is 0.000000300. The van der Waals surface area contributed by atoms with Crippen LogP contribution in [0.2, 0.25) is 0 Å². The number of aliphatic hydroxyl groups is 1. The van der Waals surface area contributed by atoms with E-state index in [-0.39, 0.29) is 18.0 Å². The van der Waals surface area contributed by atoms with Crippen molar-refractivity contribution in [3.05, 3.63) is 108 Å². The molecule has 1 unspecified atom stereocenters. The molecule has 0 bridgehead atoms. The maximum Gasteiger partial charge on any atom is 0.245 e. The summed E-state index contributed by atoms with van der Waals surface area (Å²) in [6.07, 6.45) is 1.31. The van der Waals surface area contributed by atoms with Crippen LogP contribution in [0.25, 0.3) is 10.9 Å². The highest BCUT2D eigenvalue weighted by Crippen LogP contribution is 2.28. The number of pyridine rings is 1. The van der Waals surface area contributed by atoms with Gasteiger partial charge in [0.25, 0.3) is 0 Å². The lowest BCUT2D eigenvalue weighted by atomic mass is 10.0. The van der Waals surface area contributed by atoms with Crippen LogP contribution in [0.15, 0.2) is 96.0 Å². The summed E-state index contributed by atoms with van der Waals surface area (Å²) < 4.78 is 27.9. The Kier molecular flexibility index (Phi) is 6.65. The first-order valence-corrected chi connectivity index (χ1v) is 12.0. The van der Waals surface area contributed by atoms with Crippen LogP contribution < -0.4 is 0 Å². The molecule has 1 N–H and O–H groups in total. The lowest BCUT2D eigenvalue weighted by Gasteiger charge is -2.22. The number of nitrogens with zero attached hydrogens (tertiary/aromatic N) is 2. The summed E-state index contributed by atoms with van der Waals surface area (Å²) in [6, 6.07) is 26.7. The van der Waals surface area contributed by atoms with Gasteiger partial charge in [0.15, 0.2) is 0 Å². The molecule has 1 aliphatic heterocycles. The maximum absolute atomic E-state index is 13.3. The zero-order valence-corrected chi connectivity index (χ0v) is 18.7. The van der Waals surface area contributed by atoms with E-state index < -0.39 is 16.1 Å². The van der Waals surface area contributed by atoms with Gasteiger partial charge in [0.2, 0.25) is 10.0 Å². The summed E-state index contributed by atoms with van der Waals surface area (Å²) >= 11 is 0. The lowest BCUT2D eigenvalue weighted by molar-refractivity contribution is 0.150. The Labute approximate surface area is 189 Å². The van der Waals surface area contributed by atoms with Crippen molar-refractivity contribution in [3.8, 4) is 0 Å². The monoisotopic (exact) mass is 446 g/mol. The van der Waals surface area contributed by atoms with Crippen molar-refractivity contribution >= 4 is 20.9 Å². The van der Waals surface area contributed by atoms with Crippen LogP contribution in [0.5, 0.6) is 0 Å². The van der Waals surface area contributed by atoms with Crippen LogP contribution in [0.4, 0.5) is 0 Å². The first-order valence-electron chi connectivity index (χ1n) is 10.6. The van der Waals surface area contributed by atoms with Gasteiger partial charge in [-0.2, -0.15) is 4.31 Å². The average molecular weight is 447 g/mol. The molecular weight excluding hydrogens is 420 g/mol. The van der Waals surface area contributed by atoms with E-state index in [4.69, 9.17) is 0 Å². The molecule has 0 saturated carbocycles. The van der Waals surface area contributed by atoms with E-state index in [1.807, 2.05) is 54.6 Å². The first-order chi connectivity index (χ1) is 15.4. The normalized spacial score (nSPS) is 16.5. The van der Waals surface area contributed by atoms with Gasteiger partial charge in [-0.15, -0.1) is 0 Å². The Hall–Kier alpha value is -3.06. The molecule has 0 fully saturated rings. The average Bonchev–Trinajstić information content (AvgIpc) is 2.98. The zero-order valence-electron chi connectivity index (χ0n) is 17.9.